The SMILES string of the molecule is Cn1cnc2c(F)c(NC3(Cl)C=CC(Br)=CC3)c(C(=O)O)cc21. The van der Waals surface area contributed by atoms with Crippen molar-refractivity contribution in [3.8, 4) is 0 Å². The van der Waals surface area contributed by atoms with Crippen molar-refractivity contribution in [1.82, 2.24) is 9.55 Å². The van der Waals surface area contributed by atoms with Gasteiger partial charge in [0, 0.05) is 18.0 Å². The van der Waals surface area contributed by atoms with E-state index in [-0.39, 0.29) is 16.8 Å². The van der Waals surface area contributed by atoms with Crippen molar-refractivity contribution >= 4 is 50.2 Å². The van der Waals surface area contributed by atoms with Crippen LogP contribution in [0.1, 0.15) is 16.8 Å². The van der Waals surface area contributed by atoms with Gasteiger partial charge in [0.2, 0.25) is 0 Å². The number of benzene rings is 1. The van der Waals surface area contributed by atoms with Crippen molar-refractivity contribution in [3.05, 3.63) is 46.5 Å². The number of carboxylic acid groups (broad SMARTS) is 1. The summed E-state index contributed by atoms with van der Waals surface area (Å²) in [5, 5.41) is 12.2. The van der Waals surface area contributed by atoms with Crippen LogP contribution < -0.4 is 5.32 Å². The Morgan fingerprint density at radius 3 is 2.96 bits per heavy atom. The number of nitrogens with zero attached hydrogens (tertiary/aromatic N) is 2. The van der Waals surface area contributed by atoms with Gasteiger partial charge in [0.05, 0.1) is 23.1 Å². The van der Waals surface area contributed by atoms with Gasteiger partial charge in [0.1, 0.15) is 10.5 Å². The van der Waals surface area contributed by atoms with E-state index in [1.54, 1.807) is 23.8 Å². The Morgan fingerprint density at radius 2 is 2.35 bits per heavy atom. The van der Waals surface area contributed by atoms with Gasteiger partial charge in [0.25, 0.3) is 0 Å². The minimum Gasteiger partial charge on any atom is -0.478 e. The van der Waals surface area contributed by atoms with E-state index < -0.39 is 16.8 Å². The molecule has 23 heavy (non-hydrogen) atoms. The monoisotopic (exact) mass is 399 g/mol. The number of alkyl halides is 1. The van der Waals surface area contributed by atoms with Gasteiger partial charge in [-0.2, -0.15) is 0 Å². The number of aromatic carboxylic acids is 1. The molecular weight excluding hydrogens is 389 g/mol. The van der Waals surface area contributed by atoms with Crippen molar-refractivity contribution in [1.29, 1.82) is 0 Å². The molecule has 5 nitrogen and oxygen atoms in total. The highest BCUT2D eigenvalue weighted by atomic mass is 79.9. The number of hydrogen-bond acceptors (Lipinski definition) is 3. The summed E-state index contributed by atoms with van der Waals surface area (Å²) < 4.78 is 17.2. The van der Waals surface area contributed by atoms with Gasteiger partial charge in [-0.05, 0) is 18.2 Å². The first-order valence-electron chi connectivity index (χ1n) is 6.69. The van der Waals surface area contributed by atoms with Crippen LogP contribution >= 0.6 is 27.5 Å². The van der Waals surface area contributed by atoms with Gasteiger partial charge < -0.3 is 15.0 Å². The Hall–Kier alpha value is -1.86. The highest BCUT2D eigenvalue weighted by molar-refractivity contribution is 9.11. The van der Waals surface area contributed by atoms with Crippen LogP contribution in [-0.2, 0) is 7.05 Å². The van der Waals surface area contributed by atoms with E-state index in [2.05, 4.69) is 26.2 Å². The Labute approximate surface area is 144 Å². The van der Waals surface area contributed by atoms with E-state index in [1.165, 1.54) is 12.4 Å². The van der Waals surface area contributed by atoms with Crippen molar-refractivity contribution < 1.29 is 14.3 Å². The molecule has 3 rings (SSSR count). The van der Waals surface area contributed by atoms with Gasteiger partial charge in [-0.15, -0.1) is 0 Å². The van der Waals surface area contributed by atoms with Crippen LogP contribution in [0.5, 0.6) is 0 Å². The number of imidazole rings is 1. The number of aryl methyl sites for hydroxylation is 1. The average molecular weight is 401 g/mol. The number of carbonyl (C=O) groups is 1. The molecule has 1 atom stereocenters. The third-order valence-corrected chi connectivity index (χ3v) is 4.59. The Balaban J connectivity index is 2.13. The van der Waals surface area contributed by atoms with Gasteiger partial charge >= 0.3 is 5.97 Å². The van der Waals surface area contributed by atoms with Crippen molar-refractivity contribution in [2.24, 2.45) is 7.05 Å². The molecule has 1 heterocycles. The fourth-order valence-electron chi connectivity index (χ4n) is 2.41. The smallest absolute Gasteiger partial charge is 0.337 e. The number of hydrogen-bond donors (Lipinski definition) is 2. The van der Waals surface area contributed by atoms with E-state index in [4.69, 9.17) is 11.6 Å². The first-order chi connectivity index (χ1) is 10.8. The lowest BCUT2D eigenvalue weighted by Crippen LogP contribution is -2.31. The molecule has 0 aliphatic heterocycles. The lowest BCUT2D eigenvalue weighted by atomic mass is 10.1. The van der Waals surface area contributed by atoms with E-state index in [0.717, 1.165) is 4.48 Å². The molecule has 0 fully saturated rings. The zero-order chi connectivity index (χ0) is 16.8. The third-order valence-electron chi connectivity index (χ3n) is 3.62. The summed E-state index contributed by atoms with van der Waals surface area (Å²) in [4.78, 5) is 14.4. The maximum atomic E-state index is 14.8. The summed E-state index contributed by atoms with van der Waals surface area (Å²) in [7, 11) is 1.67. The maximum absolute atomic E-state index is 14.8. The number of halogens is 3. The predicted molar refractivity (Wildman–Crippen MR) is 90.6 cm³/mol. The molecule has 0 bridgehead atoms. The third kappa shape index (κ3) is 2.86. The second kappa shape index (κ2) is 5.65. The molecule has 1 aromatic heterocycles. The van der Waals surface area contributed by atoms with Crippen LogP contribution in [0.15, 0.2) is 35.1 Å². The summed E-state index contributed by atoms with van der Waals surface area (Å²) in [5.41, 5.74) is 0.128. The van der Waals surface area contributed by atoms with Crippen LogP contribution in [0.25, 0.3) is 11.0 Å². The van der Waals surface area contributed by atoms with Crippen molar-refractivity contribution in [2.45, 2.75) is 11.4 Å². The second-order valence-electron chi connectivity index (χ2n) is 5.26. The first kappa shape index (κ1) is 16.0. The number of fused-ring (bicyclic) bond motifs is 1. The second-order valence-corrected chi connectivity index (χ2v) is 6.85. The van der Waals surface area contributed by atoms with Crippen LogP contribution in [0, 0.1) is 5.82 Å². The van der Waals surface area contributed by atoms with Crippen molar-refractivity contribution in [3.63, 3.8) is 0 Å². The quantitative estimate of drug-likeness (QED) is 0.604. The Morgan fingerprint density at radius 1 is 1.61 bits per heavy atom. The molecule has 0 saturated heterocycles. The molecular formula is C15H12BrClFN3O2. The summed E-state index contributed by atoms with van der Waals surface area (Å²) in [6, 6.07) is 1.38. The number of nitrogens with one attached hydrogen (secondary N) is 1. The van der Waals surface area contributed by atoms with Crippen LogP contribution in [-0.4, -0.2) is 25.6 Å². The summed E-state index contributed by atoms with van der Waals surface area (Å²) in [6.45, 7) is 0. The molecule has 2 aromatic rings. The minimum absolute atomic E-state index is 0.0942. The topological polar surface area (TPSA) is 67.2 Å². The summed E-state index contributed by atoms with van der Waals surface area (Å²) >= 11 is 9.75. The number of anilines is 1. The van der Waals surface area contributed by atoms with Crippen molar-refractivity contribution in [2.75, 3.05) is 5.32 Å². The summed E-state index contributed by atoms with van der Waals surface area (Å²) in [6.07, 6.45) is 6.98. The van der Waals surface area contributed by atoms with Crippen LogP contribution in [0.2, 0.25) is 0 Å². The van der Waals surface area contributed by atoms with E-state index >= 15 is 0 Å². The molecule has 1 aliphatic rings. The molecule has 0 radical (unpaired) electrons. The highest BCUT2D eigenvalue weighted by Gasteiger charge is 2.30. The minimum atomic E-state index is -1.24. The number of rotatable bonds is 3. The fourth-order valence-corrected chi connectivity index (χ4v) is 2.94. The number of aromatic nitrogens is 2. The molecule has 2 N–H and O–H groups in total. The molecule has 1 aliphatic carbocycles. The van der Waals surface area contributed by atoms with E-state index in [0.29, 0.717) is 11.9 Å². The largest absolute Gasteiger partial charge is 0.478 e. The number of allylic oxidation sites excluding steroid dienone is 2. The van der Waals surface area contributed by atoms with Gasteiger partial charge in [-0.25, -0.2) is 14.2 Å². The molecule has 8 heteroatoms. The zero-order valence-electron chi connectivity index (χ0n) is 12.0. The van der Waals surface area contributed by atoms with E-state index in [9.17, 15) is 14.3 Å². The molecule has 0 amide bonds. The maximum Gasteiger partial charge on any atom is 0.337 e. The normalized spacial score (nSPS) is 20.6. The molecule has 1 unspecified atom stereocenters. The first-order valence-corrected chi connectivity index (χ1v) is 7.86. The standard InChI is InChI=1S/C15H12BrClFN3O2/c1-21-7-19-13-10(21)6-9(14(22)23)12(11(13)18)20-15(17)4-2-8(16)3-5-15/h2-4,6-7,20H,5H2,1H3,(H,22,23). The molecule has 0 spiro atoms. The Kier molecular flexibility index (Phi) is 3.93. The zero-order valence-corrected chi connectivity index (χ0v) is 14.3. The average Bonchev–Trinajstić information content (AvgIpc) is 2.87. The molecule has 1 aromatic carbocycles. The summed E-state index contributed by atoms with van der Waals surface area (Å²) in [5.74, 6) is -1.98. The lowest BCUT2D eigenvalue weighted by molar-refractivity contribution is 0.0697. The highest BCUT2D eigenvalue weighted by Crippen LogP contribution is 2.35. The molecule has 120 valence electrons. The van der Waals surface area contributed by atoms with E-state index in [1.807, 2.05) is 6.08 Å². The number of carboxylic acids is 1. The molecule has 0 saturated carbocycles. The van der Waals surface area contributed by atoms with Gasteiger partial charge in [-0.3, -0.25) is 0 Å². The fraction of sp³-hybridized carbons (Fsp3) is 0.200. The van der Waals surface area contributed by atoms with Crippen LogP contribution in [0.3, 0.4) is 0 Å². The Bertz CT molecular complexity index is 877. The predicted octanol–water partition coefficient (Wildman–Crippen LogP) is 4.00. The van der Waals surface area contributed by atoms with Gasteiger partial charge in [-0.1, -0.05) is 33.6 Å². The van der Waals surface area contributed by atoms with Crippen LogP contribution in [0.4, 0.5) is 10.1 Å². The lowest BCUT2D eigenvalue weighted by Gasteiger charge is -2.28. The van der Waals surface area contributed by atoms with Gasteiger partial charge in [0.15, 0.2) is 5.82 Å².